The minimum Gasteiger partial charge on any atom is -0.760 e. The number of nitrogens with two attached hydrogens (primary N) is 1. The summed E-state index contributed by atoms with van der Waals surface area (Å²) < 4.78 is 23.0. The zero-order valence-electron chi connectivity index (χ0n) is 19.6. The number of nitrogens with zero attached hydrogens (tertiary/aromatic N) is 3. The van der Waals surface area contributed by atoms with Crippen molar-refractivity contribution in [3.05, 3.63) is 65.9 Å². The molecule has 0 radical (unpaired) electrons. The van der Waals surface area contributed by atoms with Crippen LogP contribution >= 0.6 is 0 Å². The first-order valence-corrected chi connectivity index (χ1v) is 12.3. The summed E-state index contributed by atoms with van der Waals surface area (Å²) in [6, 6.07) is 16.6. The van der Waals surface area contributed by atoms with E-state index in [1.807, 2.05) is 12.3 Å². The molecule has 4 aromatic rings. The third-order valence-corrected chi connectivity index (χ3v) is 5.64. The van der Waals surface area contributed by atoms with E-state index in [2.05, 4.69) is 87.0 Å². The van der Waals surface area contributed by atoms with Crippen molar-refractivity contribution in [1.29, 1.82) is 0 Å². The van der Waals surface area contributed by atoms with Gasteiger partial charge in [0.15, 0.2) is 0 Å². The van der Waals surface area contributed by atoms with E-state index in [0.29, 0.717) is 5.95 Å². The molecule has 0 spiro atoms. The number of nitrogens with one attached hydrogen (secondary N) is 3. The maximum Gasteiger partial charge on any atom is 0.231 e. The lowest BCUT2D eigenvalue weighted by molar-refractivity contribution is 0.122. The number of hydrogen-bond donors (Lipinski definition) is 4. The molecular formula is C24H28N7O3S-. The second-order valence-corrected chi connectivity index (χ2v) is 8.58. The van der Waals surface area contributed by atoms with Gasteiger partial charge in [-0.2, -0.15) is 9.97 Å². The zero-order valence-corrected chi connectivity index (χ0v) is 20.4. The summed E-state index contributed by atoms with van der Waals surface area (Å²) in [4.78, 5) is 15.0. The number of aryl methyl sites for hydroxylation is 2. The van der Waals surface area contributed by atoms with Crippen LogP contribution in [0.5, 0.6) is 0 Å². The topological polar surface area (TPSA) is 144 Å². The predicted molar refractivity (Wildman–Crippen MR) is 139 cm³/mol. The molecule has 0 saturated carbocycles. The van der Waals surface area contributed by atoms with E-state index in [1.165, 1.54) is 16.8 Å². The van der Waals surface area contributed by atoms with Crippen molar-refractivity contribution in [2.75, 3.05) is 41.8 Å². The molecular weight excluding hydrogens is 466 g/mol. The van der Waals surface area contributed by atoms with Crippen LogP contribution < -0.4 is 20.7 Å². The number of fused-ring (bicyclic) bond motifs is 1. The quantitative estimate of drug-likeness (QED) is 0.308. The highest BCUT2D eigenvalue weighted by atomic mass is 32.2. The molecule has 35 heavy (non-hydrogen) atoms. The fourth-order valence-corrected chi connectivity index (χ4v) is 3.93. The Morgan fingerprint density at radius 1 is 1.03 bits per heavy atom. The largest absolute Gasteiger partial charge is 0.760 e. The van der Waals surface area contributed by atoms with Gasteiger partial charge < -0.3 is 29.8 Å². The highest BCUT2D eigenvalue weighted by Gasteiger charge is 2.13. The van der Waals surface area contributed by atoms with Gasteiger partial charge in [-0.15, -0.1) is 0 Å². The van der Waals surface area contributed by atoms with E-state index in [-0.39, 0.29) is 0 Å². The SMILES string of the molecule is Cc1cccc(C)c1Nc1nc(Nc2ccc(N3CCOCC3)cc2)nc2[nH]ccc12.NS(=O)[O-]. The Balaban J connectivity index is 0.000000672. The Labute approximate surface area is 206 Å². The Kier molecular flexibility index (Phi) is 7.93. The molecule has 5 N–H and O–H groups in total. The number of rotatable bonds is 5. The standard InChI is InChI=1S/C24H26N6O.H3NO2S/c1-16-4-3-5-17(2)21(16)27-23-20-10-11-25-22(20)28-24(29-23)26-18-6-8-19(9-7-18)30-12-14-31-15-13-30;1-4(2)3/h3-11H,12-15H2,1-2H3,(H3,25,26,27,28,29);1H2,(H,2,3)/p-1. The molecule has 0 aliphatic carbocycles. The van der Waals surface area contributed by atoms with Gasteiger partial charge in [0.25, 0.3) is 0 Å². The summed E-state index contributed by atoms with van der Waals surface area (Å²) >= 11 is -2.36. The molecule has 2 aromatic heterocycles. The molecule has 0 bridgehead atoms. The molecule has 5 rings (SSSR count). The van der Waals surface area contributed by atoms with Crippen molar-refractivity contribution < 1.29 is 13.5 Å². The fourth-order valence-electron chi connectivity index (χ4n) is 3.93. The number of para-hydroxylation sites is 1. The molecule has 1 fully saturated rings. The summed E-state index contributed by atoms with van der Waals surface area (Å²) in [6.07, 6.45) is 1.89. The molecule has 1 atom stereocenters. The summed E-state index contributed by atoms with van der Waals surface area (Å²) in [7, 11) is 0. The molecule has 184 valence electrons. The van der Waals surface area contributed by atoms with Gasteiger partial charge in [0.1, 0.15) is 11.5 Å². The molecule has 1 aliphatic heterocycles. The van der Waals surface area contributed by atoms with Crippen LogP contribution in [-0.4, -0.2) is 50.0 Å². The lowest BCUT2D eigenvalue weighted by Crippen LogP contribution is -2.36. The van der Waals surface area contributed by atoms with Crippen LogP contribution in [0.15, 0.2) is 54.7 Å². The second-order valence-electron chi connectivity index (χ2n) is 8.06. The molecule has 11 heteroatoms. The van der Waals surface area contributed by atoms with E-state index < -0.39 is 11.3 Å². The van der Waals surface area contributed by atoms with Gasteiger partial charge >= 0.3 is 0 Å². The minimum absolute atomic E-state index is 0.544. The first kappa shape index (κ1) is 24.6. The van der Waals surface area contributed by atoms with E-state index >= 15 is 0 Å². The van der Waals surface area contributed by atoms with Gasteiger partial charge in [-0.25, -0.2) is 0 Å². The average Bonchev–Trinajstić information content (AvgIpc) is 3.31. The van der Waals surface area contributed by atoms with Crippen LogP contribution in [0.1, 0.15) is 11.1 Å². The number of benzene rings is 2. The smallest absolute Gasteiger partial charge is 0.231 e. The van der Waals surface area contributed by atoms with Crippen molar-refractivity contribution in [1.82, 2.24) is 15.0 Å². The normalized spacial score (nSPS) is 14.2. The maximum absolute atomic E-state index is 8.78. The van der Waals surface area contributed by atoms with Gasteiger partial charge in [0.2, 0.25) is 5.95 Å². The van der Waals surface area contributed by atoms with Crippen molar-refractivity contribution >= 4 is 51.1 Å². The molecule has 1 saturated heterocycles. The van der Waals surface area contributed by atoms with Gasteiger partial charge in [0.05, 0.1) is 18.6 Å². The van der Waals surface area contributed by atoms with Gasteiger partial charge in [0, 0.05) is 47.6 Å². The molecule has 0 amide bonds. The highest BCUT2D eigenvalue weighted by Crippen LogP contribution is 2.29. The first-order valence-electron chi connectivity index (χ1n) is 11.1. The monoisotopic (exact) mass is 494 g/mol. The number of H-pyrrole nitrogens is 1. The Bertz CT molecular complexity index is 1280. The highest BCUT2D eigenvalue weighted by molar-refractivity contribution is 7.76. The van der Waals surface area contributed by atoms with Gasteiger partial charge in [-0.3, -0.25) is 9.35 Å². The van der Waals surface area contributed by atoms with Crippen molar-refractivity contribution in [3.8, 4) is 0 Å². The van der Waals surface area contributed by atoms with Crippen LogP contribution in [-0.2, 0) is 16.0 Å². The van der Waals surface area contributed by atoms with E-state index in [9.17, 15) is 0 Å². The Hall–Kier alpha value is -3.51. The number of morpholine rings is 1. The second kappa shape index (κ2) is 11.3. The number of ether oxygens (including phenoxy) is 1. The average molecular weight is 495 g/mol. The summed E-state index contributed by atoms with van der Waals surface area (Å²) in [5.41, 5.74) is 6.36. The summed E-state index contributed by atoms with van der Waals surface area (Å²) in [5, 5.41) is 11.8. The van der Waals surface area contributed by atoms with Crippen LogP contribution in [0.25, 0.3) is 11.0 Å². The lowest BCUT2D eigenvalue weighted by atomic mass is 10.1. The lowest BCUT2D eigenvalue weighted by Gasteiger charge is -2.28. The third-order valence-electron chi connectivity index (χ3n) is 5.64. The minimum atomic E-state index is -2.36. The van der Waals surface area contributed by atoms with Crippen molar-refractivity contribution in [2.24, 2.45) is 5.14 Å². The summed E-state index contributed by atoms with van der Waals surface area (Å²) in [5.74, 6) is 1.32. The molecule has 1 unspecified atom stereocenters. The van der Waals surface area contributed by atoms with Gasteiger partial charge in [-0.05, 0) is 55.3 Å². The number of aromatic amines is 1. The third kappa shape index (κ3) is 6.34. The predicted octanol–water partition coefficient (Wildman–Crippen LogP) is 3.64. The maximum atomic E-state index is 8.78. The Morgan fingerprint density at radius 2 is 1.69 bits per heavy atom. The van der Waals surface area contributed by atoms with Crippen LogP contribution in [0.3, 0.4) is 0 Å². The van der Waals surface area contributed by atoms with E-state index in [0.717, 1.165) is 54.5 Å². The number of aromatic nitrogens is 3. The summed E-state index contributed by atoms with van der Waals surface area (Å²) in [6.45, 7) is 7.60. The molecule has 2 aromatic carbocycles. The molecule has 1 aliphatic rings. The van der Waals surface area contributed by atoms with Crippen LogP contribution in [0, 0.1) is 13.8 Å². The zero-order chi connectivity index (χ0) is 24.8. The van der Waals surface area contributed by atoms with E-state index in [1.54, 1.807) is 0 Å². The molecule has 3 heterocycles. The number of hydrogen-bond acceptors (Lipinski definition) is 8. The molecule has 10 nitrogen and oxygen atoms in total. The number of anilines is 5. The van der Waals surface area contributed by atoms with Crippen molar-refractivity contribution in [3.63, 3.8) is 0 Å². The van der Waals surface area contributed by atoms with Crippen molar-refractivity contribution in [2.45, 2.75) is 13.8 Å². The van der Waals surface area contributed by atoms with E-state index in [4.69, 9.17) is 18.5 Å². The Morgan fingerprint density at radius 3 is 2.34 bits per heavy atom. The van der Waals surface area contributed by atoms with Crippen LogP contribution in [0.2, 0.25) is 0 Å². The fraction of sp³-hybridized carbons (Fsp3) is 0.250. The first-order chi connectivity index (χ1) is 16.9. The van der Waals surface area contributed by atoms with Gasteiger partial charge in [-0.1, -0.05) is 18.2 Å². The van der Waals surface area contributed by atoms with Crippen LogP contribution in [0.4, 0.5) is 28.8 Å².